The maximum atomic E-state index is 13.7. The van der Waals surface area contributed by atoms with E-state index in [9.17, 15) is 4.39 Å². The van der Waals surface area contributed by atoms with Gasteiger partial charge in [-0.3, -0.25) is 0 Å². The van der Waals surface area contributed by atoms with Crippen LogP contribution in [0.1, 0.15) is 24.4 Å². The molecular weight excluding hydrogens is 273 g/mol. The number of nitrogens with two attached hydrogens (primary N) is 1. The molecule has 86 valence electrons. The Balaban J connectivity index is 2.33. The molecule has 0 amide bonds. The van der Waals surface area contributed by atoms with Crippen LogP contribution in [0.15, 0.2) is 34.5 Å². The first kappa shape index (κ1) is 11.6. The molecule has 1 aliphatic heterocycles. The second kappa shape index (κ2) is 4.97. The van der Waals surface area contributed by atoms with Crippen LogP contribution in [0.2, 0.25) is 0 Å². The molecule has 2 rings (SSSR count). The molecule has 1 atom stereocenters. The Kier molecular flexibility index (Phi) is 3.61. The molecule has 0 saturated carbocycles. The van der Waals surface area contributed by atoms with Gasteiger partial charge in [-0.05, 0) is 30.5 Å². The lowest BCUT2D eigenvalue weighted by molar-refractivity contribution is 0.221. The van der Waals surface area contributed by atoms with E-state index in [2.05, 4.69) is 15.9 Å². The minimum Gasteiger partial charge on any atom is -0.501 e. The van der Waals surface area contributed by atoms with Gasteiger partial charge >= 0.3 is 0 Å². The highest BCUT2D eigenvalue weighted by atomic mass is 79.9. The van der Waals surface area contributed by atoms with Crippen LogP contribution in [0.25, 0.3) is 0 Å². The number of benzene rings is 1. The monoisotopic (exact) mass is 285 g/mol. The summed E-state index contributed by atoms with van der Waals surface area (Å²) in [4.78, 5) is 0. The van der Waals surface area contributed by atoms with Gasteiger partial charge in [0.25, 0.3) is 0 Å². The molecule has 1 heterocycles. The molecule has 1 unspecified atom stereocenters. The van der Waals surface area contributed by atoms with Crippen LogP contribution in [-0.2, 0) is 4.74 Å². The van der Waals surface area contributed by atoms with E-state index < -0.39 is 6.04 Å². The minimum atomic E-state index is -0.434. The van der Waals surface area contributed by atoms with Crippen molar-refractivity contribution in [3.8, 4) is 0 Å². The summed E-state index contributed by atoms with van der Waals surface area (Å²) in [5.41, 5.74) is 7.49. The molecule has 0 saturated heterocycles. The van der Waals surface area contributed by atoms with Crippen LogP contribution < -0.4 is 5.73 Å². The maximum Gasteiger partial charge on any atom is 0.129 e. The first-order valence-electron chi connectivity index (χ1n) is 5.20. The third-order valence-corrected chi connectivity index (χ3v) is 3.36. The van der Waals surface area contributed by atoms with Crippen molar-refractivity contribution < 1.29 is 9.13 Å². The number of hydrogen-bond donors (Lipinski definition) is 1. The summed E-state index contributed by atoms with van der Waals surface area (Å²) in [6.07, 6.45) is 3.46. The van der Waals surface area contributed by atoms with Gasteiger partial charge in [-0.1, -0.05) is 22.0 Å². The summed E-state index contributed by atoms with van der Waals surface area (Å²) in [6, 6.07) is 4.43. The first-order valence-corrected chi connectivity index (χ1v) is 5.99. The fourth-order valence-corrected chi connectivity index (χ4v) is 2.40. The van der Waals surface area contributed by atoms with Gasteiger partial charge in [-0.25, -0.2) is 4.39 Å². The predicted molar refractivity (Wildman–Crippen MR) is 64.3 cm³/mol. The van der Waals surface area contributed by atoms with Gasteiger partial charge in [0.15, 0.2) is 0 Å². The number of rotatable bonds is 2. The lowest BCUT2D eigenvalue weighted by atomic mass is 9.96. The van der Waals surface area contributed by atoms with Gasteiger partial charge in [-0.2, -0.15) is 0 Å². The molecule has 0 aliphatic carbocycles. The first-order chi connectivity index (χ1) is 7.70. The van der Waals surface area contributed by atoms with Crippen molar-refractivity contribution in [2.24, 2.45) is 5.73 Å². The van der Waals surface area contributed by atoms with Crippen LogP contribution in [-0.4, -0.2) is 6.61 Å². The molecule has 1 aromatic carbocycles. The molecule has 1 aromatic rings. The summed E-state index contributed by atoms with van der Waals surface area (Å²) in [5, 5.41) is 0. The minimum absolute atomic E-state index is 0.284. The Morgan fingerprint density at radius 2 is 2.25 bits per heavy atom. The largest absolute Gasteiger partial charge is 0.501 e. The van der Waals surface area contributed by atoms with Gasteiger partial charge in [-0.15, -0.1) is 0 Å². The Morgan fingerprint density at radius 1 is 1.44 bits per heavy atom. The Labute approximate surface area is 102 Å². The lowest BCUT2D eigenvalue weighted by Gasteiger charge is -2.21. The summed E-state index contributed by atoms with van der Waals surface area (Å²) < 4.78 is 19.6. The standard InChI is InChI=1S/C12H13BrFNO/c13-9-4-1-5-10(14)11(9)12(15)8-3-2-6-16-7-8/h1,4-5,7,12H,2-3,6,15H2. The Bertz CT molecular complexity index is 399. The maximum absolute atomic E-state index is 13.7. The second-order valence-electron chi connectivity index (χ2n) is 3.78. The van der Waals surface area contributed by atoms with Crippen molar-refractivity contribution in [2.75, 3.05) is 6.61 Å². The average molecular weight is 286 g/mol. The fraction of sp³-hybridized carbons (Fsp3) is 0.333. The van der Waals surface area contributed by atoms with Crippen LogP contribution in [0.5, 0.6) is 0 Å². The number of ether oxygens (including phenoxy) is 1. The predicted octanol–water partition coefficient (Wildman–Crippen LogP) is 3.28. The zero-order valence-corrected chi connectivity index (χ0v) is 10.3. The molecule has 0 bridgehead atoms. The summed E-state index contributed by atoms with van der Waals surface area (Å²) >= 11 is 3.33. The number of hydrogen-bond acceptors (Lipinski definition) is 2. The number of halogens is 2. The third kappa shape index (κ3) is 2.28. The molecule has 0 aromatic heterocycles. The summed E-state index contributed by atoms with van der Waals surface area (Å²) in [6.45, 7) is 0.717. The van der Waals surface area contributed by atoms with Crippen molar-refractivity contribution in [3.05, 3.63) is 45.9 Å². The normalized spacial score (nSPS) is 17.6. The van der Waals surface area contributed by atoms with Crippen molar-refractivity contribution in [3.63, 3.8) is 0 Å². The topological polar surface area (TPSA) is 35.2 Å². The summed E-state index contributed by atoms with van der Waals surface area (Å²) in [5.74, 6) is -0.284. The van der Waals surface area contributed by atoms with Gasteiger partial charge in [0, 0.05) is 10.0 Å². The van der Waals surface area contributed by atoms with Crippen molar-refractivity contribution in [2.45, 2.75) is 18.9 Å². The highest BCUT2D eigenvalue weighted by Gasteiger charge is 2.20. The fourth-order valence-electron chi connectivity index (χ4n) is 1.81. The second-order valence-corrected chi connectivity index (χ2v) is 4.63. The van der Waals surface area contributed by atoms with Gasteiger partial charge < -0.3 is 10.5 Å². The Hall–Kier alpha value is -0.870. The van der Waals surface area contributed by atoms with Crippen molar-refractivity contribution in [1.82, 2.24) is 0 Å². The van der Waals surface area contributed by atoms with Crippen molar-refractivity contribution in [1.29, 1.82) is 0 Å². The molecule has 2 nitrogen and oxygen atoms in total. The molecule has 0 radical (unpaired) electrons. The van der Waals surface area contributed by atoms with Gasteiger partial charge in [0.05, 0.1) is 18.9 Å². The third-order valence-electron chi connectivity index (χ3n) is 2.67. The molecular formula is C12H13BrFNO. The SMILES string of the molecule is NC(C1=COCCC1)c1c(F)cccc1Br. The van der Waals surface area contributed by atoms with E-state index in [0.717, 1.165) is 18.4 Å². The molecule has 16 heavy (non-hydrogen) atoms. The van der Waals surface area contributed by atoms with Crippen LogP contribution >= 0.6 is 15.9 Å². The highest BCUT2D eigenvalue weighted by molar-refractivity contribution is 9.10. The molecule has 4 heteroatoms. The van der Waals surface area contributed by atoms with E-state index in [1.807, 2.05) is 0 Å². The Morgan fingerprint density at radius 3 is 2.88 bits per heavy atom. The van der Waals surface area contributed by atoms with E-state index in [-0.39, 0.29) is 5.82 Å². The smallest absolute Gasteiger partial charge is 0.129 e. The molecule has 2 N–H and O–H groups in total. The zero-order chi connectivity index (χ0) is 11.5. The average Bonchev–Trinajstić information content (AvgIpc) is 2.30. The van der Waals surface area contributed by atoms with Crippen molar-refractivity contribution >= 4 is 15.9 Å². The van der Waals surface area contributed by atoms with Crippen LogP contribution in [0.3, 0.4) is 0 Å². The van der Waals surface area contributed by atoms with E-state index in [1.54, 1.807) is 18.4 Å². The van der Waals surface area contributed by atoms with E-state index in [1.165, 1.54) is 6.07 Å². The quantitative estimate of drug-likeness (QED) is 0.905. The molecule has 0 fully saturated rings. The van der Waals surface area contributed by atoms with E-state index in [0.29, 0.717) is 16.6 Å². The van der Waals surface area contributed by atoms with Gasteiger partial charge in [0.2, 0.25) is 0 Å². The van der Waals surface area contributed by atoms with Gasteiger partial charge in [0.1, 0.15) is 5.82 Å². The summed E-state index contributed by atoms with van der Waals surface area (Å²) in [7, 11) is 0. The zero-order valence-electron chi connectivity index (χ0n) is 8.75. The molecule has 0 spiro atoms. The van der Waals surface area contributed by atoms with Crippen LogP contribution in [0.4, 0.5) is 4.39 Å². The lowest BCUT2D eigenvalue weighted by Crippen LogP contribution is -2.18. The molecule has 1 aliphatic rings. The highest BCUT2D eigenvalue weighted by Crippen LogP contribution is 2.32. The van der Waals surface area contributed by atoms with Crippen LogP contribution in [0, 0.1) is 5.82 Å². The van der Waals surface area contributed by atoms with E-state index >= 15 is 0 Å². The van der Waals surface area contributed by atoms with E-state index in [4.69, 9.17) is 10.5 Å².